The minimum Gasteiger partial charge on any atom is -0.465 e. The van der Waals surface area contributed by atoms with Crippen LogP contribution < -0.4 is 5.56 Å². The Morgan fingerprint density at radius 1 is 1.16 bits per heavy atom. The van der Waals surface area contributed by atoms with Crippen LogP contribution in [-0.4, -0.2) is 54.0 Å². The molecule has 246 valence electrons. The van der Waals surface area contributed by atoms with E-state index in [1.807, 2.05) is 31.4 Å². The van der Waals surface area contributed by atoms with Crippen LogP contribution in [0, 0.1) is 28.9 Å². The lowest BCUT2D eigenvalue weighted by Gasteiger charge is -2.39. The molecule has 3 aromatic carbocycles. The molecule has 9 rings (SSSR count). The summed E-state index contributed by atoms with van der Waals surface area (Å²) in [4.78, 5) is 35.6. The first kappa shape index (κ1) is 31.0. The fourth-order valence-electron chi connectivity index (χ4n) is 8.08. The van der Waals surface area contributed by atoms with Crippen LogP contribution in [0.4, 0.5) is 13.6 Å². The van der Waals surface area contributed by atoms with Crippen molar-refractivity contribution in [3.8, 4) is 17.2 Å². The molecule has 3 fully saturated rings. The van der Waals surface area contributed by atoms with Gasteiger partial charge in [-0.1, -0.05) is 24.3 Å². The molecule has 49 heavy (non-hydrogen) atoms. The van der Waals surface area contributed by atoms with Gasteiger partial charge in [-0.2, -0.15) is 5.26 Å². The van der Waals surface area contributed by atoms with Crippen molar-refractivity contribution >= 4 is 50.4 Å². The second-order valence-corrected chi connectivity index (χ2v) is 13.6. The van der Waals surface area contributed by atoms with Crippen molar-refractivity contribution < 1.29 is 18.7 Å². The molecule has 1 aliphatic carbocycles. The third-order valence-electron chi connectivity index (χ3n) is 10.3. The van der Waals surface area contributed by atoms with Crippen LogP contribution in [-0.2, 0) is 6.42 Å². The molecule has 2 saturated heterocycles. The van der Waals surface area contributed by atoms with Gasteiger partial charge in [0.2, 0.25) is 0 Å². The van der Waals surface area contributed by atoms with Crippen LogP contribution >= 0.6 is 11.8 Å². The lowest BCUT2D eigenvalue weighted by Crippen LogP contribution is -2.43. The van der Waals surface area contributed by atoms with Gasteiger partial charge in [-0.3, -0.25) is 9.78 Å². The molecule has 2 aliphatic heterocycles. The van der Waals surface area contributed by atoms with E-state index >= 15 is 4.39 Å². The molecule has 1 saturated carbocycles. The van der Waals surface area contributed by atoms with Crippen molar-refractivity contribution in [2.45, 2.75) is 49.3 Å². The average Bonchev–Trinajstić information content (AvgIpc) is 3.81. The first-order valence-corrected chi connectivity index (χ1v) is 17.3. The predicted molar refractivity (Wildman–Crippen MR) is 184 cm³/mol. The van der Waals surface area contributed by atoms with Gasteiger partial charge in [0.05, 0.1) is 35.9 Å². The Morgan fingerprint density at radius 2 is 2.00 bits per heavy atom. The quantitative estimate of drug-likeness (QED) is 0.174. The number of carbonyl (C=O) groups is 1. The first-order valence-electron chi connectivity index (χ1n) is 16.0. The topological polar surface area (TPSA) is 117 Å². The van der Waals surface area contributed by atoms with Gasteiger partial charge in [-0.05, 0) is 72.2 Å². The third kappa shape index (κ3) is 4.70. The minimum atomic E-state index is -0.983. The van der Waals surface area contributed by atoms with E-state index < -0.39 is 23.8 Å². The second-order valence-electron chi connectivity index (χ2n) is 12.8. The molecule has 0 unspecified atom stereocenters. The van der Waals surface area contributed by atoms with E-state index in [-0.39, 0.29) is 47.5 Å². The van der Waals surface area contributed by atoms with Crippen LogP contribution in [0.15, 0.2) is 76.9 Å². The summed E-state index contributed by atoms with van der Waals surface area (Å²) in [5, 5.41) is 22.8. The number of hydrogen-bond acceptors (Lipinski definition) is 6. The molecule has 1 amide bonds. The molecule has 6 aromatic rings. The molecule has 3 aromatic heterocycles. The van der Waals surface area contributed by atoms with Gasteiger partial charge in [-0.15, -0.1) is 11.8 Å². The molecular formula is C37H30F2N6O3S. The number of nitrogens with zero attached hydrogens (tertiary/aromatic N) is 6. The van der Waals surface area contributed by atoms with Gasteiger partial charge < -0.3 is 19.1 Å². The van der Waals surface area contributed by atoms with Gasteiger partial charge in [0.1, 0.15) is 16.4 Å². The van der Waals surface area contributed by atoms with Crippen LogP contribution in [0.25, 0.3) is 43.7 Å². The fourth-order valence-corrected chi connectivity index (χ4v) is 8.64. The zero-order valence-electron chi connectivity index (χ0n) is 26.6. The van der Waals surface area contributed by atoms with Gasteiger partial charge in [-0.25, -0.2) is 18.6 Å². The Kier molecular flexibility index (Phi) is 7.41. The number of fused-ring (bicyclic) bond motifs is 5. The van der Waals surface area contributed by atoms with Gasteiger partial charge in [0.15, 0.2) is 5.82 Å². The summed E-state index contributed by atoms with van der Waals surface area (Å²) in [5.41, 5.74) is 2.68. The van der Waals surface area contributed by atoms with Crippen molar-refractivity contribution in [1.29, 1.82) is 5.26 Å². The number of aromatic nitrogens is 4. The molecule has 0 radical (unpaired) electrons. The van der Waals surface area contributed by atoms with E-state index in [2.05, 4.69) is 15.6 Å². The monoisotopic (exact) mass is 676 g/mol. The lowest BCUT2D eigenvalue weighted by atomic mass is 9.79. The Morgan fingerprint density at radius 3 is 2.73 bits per heavy atom. The maximum atomic E-state index is 17.4. The molecular weight excluding hydrogens is 647 g/mol. The molecule has 9 nitrogen and oxygen atoms in total. The van der Waals surface area contributed by atoms with Crippen molar-refractivity contribution in [1.82, 2.24) is 24.0 Å². The summed E-state index contributed by atoms with van der Waals surface area (Å²) in [6.45, 7) is 2.29. The summed E-state index contributed by atoms with van der Waals surface area (Å²) >= 11 is 1.37. The number of thioether (sulfide) groups is 1. The van der Waals surface area contributed by atoms with E-state index in [9.17, 15) is 24.3 Å². The van der Waals surface area contributed by atoms with Gasteiger partial charge in [0.25, 0.3) is 5.56 Å². The second kappa shape index (κ2) is 11.7. The van der Waals surface area contributed by atoms with Gasteiger partial charge in [0, 0.05) is 53.3 Å². The van der Waals surface area contributed by atoms with Crippen molar-refractivity contribution in [3.05, 3.63) is 100 Å². The third-order valence-corrected chi connectivity index (χ3v) is 11.0. The Labute approximate surface area is 283 Å². The van der Waals surface area contributed by atoms with E-state index in [4.69, 9.17) is 4.98 Å². The summed E-state index contributed by atoms with van der Waals surface area (Å²) in [7, 11) is 0. The highest BCUT2D eigenvalue weighted by Crippen LogP contribution is 2.53. The van der Waals surface area contributed by atoms with Crippen molar-refractivity contribution in [3.63, 3.8) is 0 Å². The highest BCUT2D eigenvalue weighted by atomic mass is 32.2. The van der Waals surface area contributed by atoms with Gasteiger partial charge >= 0.3 is 6.09 Å². The van der Waals surface area contributed by atoms with E-state index in [0.717, 1.165) is 16.5 Å². The first-order chi connectivity index (χ1) is 23.7. The van der Waals surface area contributed by atoms with Crippen LogP contribution in [0.3, 0.4) is 0 Å². The Bertz CT molecular complexity index is 2450. The summed E-state index contributed by atoms with van der Waals surface area (Å²) in [6.07, 6.45) is 6.40. The van der Waals surface area contributed by atoms with Crippen LogP contribution in [0.5, 0.6) is 0 Å². The largest absolute Gasteiger partial charge is 0.465 e. The average molecular weight is 677 g/mol. The van der Waals surface area contributed by atoms with Crippen LogP contribution in [0.2, 0.25) is 0 Å². The Hall–Kier alpha value is -5.28. The number of benzene rings is 3. The normalized spacial score (nSPS) is 19.0. The molecule has 12 heteroatoms. The molecule has 2 bridgehead atoms. The fraction of sp³-hybridized carbons (Fsp3) is 0.270. The number of rotatable bonds is 7. The predicted octanol–water partition coefficient (Wildman–Crippen LogP) is 7.56. The number of carboxylic acid groups (broad SMARTS) is 1. The Balaban J connectivity index is 1.47. The molecule has 1 N–H and O–H groups in total. The summed E-state index contributed by atoms with van der Waals surface area (Å²) in [6, 6.07) is 14.9. The zero-order valence-corrected chi connectivity index (χ0v) is 27.4. The van der Waals surface area contributed by atoms with Crippen molar-refractivity contribution in [2.24, 2.45) is 5.92 Å². The highest BCUT2D eigenvalue weighted by molar-refractivity contribution is 7.98. The number of pyridine rings is 1. The molecule has 0 spiro atoms. The summed E-state index contributed by atoms with van der Waals surface area (Å²) < 4.78 is 35.6. The number of halogens is 2. The SMILES string of the molecule is CSc1nc2c(F)c(-c3cccc4ccc(F)cc34)c(CCC#N)cc2c2c1cc([C@@H](C)n1ccncc1=O)n2[C@H]1[C@@H]2C[C@H]1N(C(=O)O)C2. The lowest BCUT2D eigenvalue weighted by molar-refractivity contribution is 0.123. The highest BCUT2D eigenvalue weighted by Gasteiger charge is 2.55. The van der Waals surface area contributed by atoms with Crippen molar-refractivity contribution in [2.75, 3.05) is 12.8 Å². The maximum Gasteiger partial charge on any atom is 0.407 e. The molecule has 3 aliphatic rings. The number of nitriles is 1. The number of aryl methyl sites for hydroxylation is 1. The molecule has 5 heterocycles. The smallest absolute Gasteiger partial charge is 0.407 e. The number of amides is 1. The van der Waals surface area contributed by atoms with Crippen LogP contribution in [0.1, 0.15) is 43.1 Å². The van der Waals surface area contributed by atoms with E-state index in [1.165, 1.54) is 35.0 Å². The van der Waals surface area contributed by atoms with E-state index in [1.54, 1.807) is 35.2 Å². The standard InChI is InChI=1S/C37H30F2N6O3S/c1-19(43-12-11-41-17-30(43)46)28-16-27-35(45(28)34-22-14-29(34)44(18-22)37(47)48)26-13-21(6-4-10-40)31(32(39)33(26)42-36(27)49-2)24-7-3-5-20-8-9-23(38)15-25(20)24/h3,5,7-9,11-13,15-17,19,22,29,34H,4,6,14,18H2,1-2H3,(H,47,48)/t19-,22-,29-,34+/m1/s1. The minimum absolute atomic E-state index is 0.0329. The zero-order chi connectivity index (χ0) is 34.1. The molecule has 4 atom stereocenters. The number of hydrogen-bond donors (Lipinski definition) is 1. The van der Waals surface area contributed by atoms with E-state index in [0.29, 0.717) is 45.4 Å². The maximum absolute atomic E-state index is 17.4. The summed E-state index contributed by atoms with van der Waals surface area (Å²) in [5.74, 6) is -0.982.